The Morgan fingerprint density at radius 2 is 2.00 bits per heavy atom. The molecule has 1 saturated heterocycles. The Morgan fingerprint density at radius 3 is 2.58 bits per heavy atom. The molecular formula is C9H17ClNO-. The number of nitrogens with zero attached hydrogens (tertiary/aromatic N) is 1. The van der Waals surface area contributed by atoms with Gasteiger partial charge >= 0.3 is 0 Å². The molecule has 3 heteroatoms. The van der Waals surface area contributed by atoms with Crippen LogP contribution in [0.4, 0.5) is 0 Å². The Kier molecular flexibility index (Phi) is 3.81. The lowest BCUT2D eigenvalue weighted by molar-refractivity contribution is -0.00000340. The Balaban J connectivity index is 0.000000720. The monoisotopic (exact) mass is 190 g/mol. The third-order valence-corrected chi connectivity index (χ3v) is 2.90. The van der Waals surface area contributed by atoms with Gasteiger partial charge in [0.1, 0.15) is 0 Å². The molecule has 0 aromatic heterocycles. The maximum Gasteiger partial charge on any atom is 0.0586 e. The van der Waals surface area contributed by atoms with Gasteiger partial charge in [-0.1, -0.05) is 0 Å². The predicted octanol–water partition coefficient (Wildman–Crippen LogP) is -2.14. The van der Waals surface area contributed by atoms with Crippen molar-refractivity contribution in [1.29, 1.82) is 0 Å². The molecule has 0 amide bonds. The van der Waals surface area contributed by atoms with Gasteiger partial charge in [-0.05, 0) is 38.1 Å². The second-order valence-electron chi connectivity index (χ2n) is 3.92. The molecule has 72 valence electrons. The molecule has 1 atom stereocenters. The summed E-state index contributed by atoms with van der Waals surface area (Å²) in [5.74, 6) is 0.974. The highest BCUT2D eigenvalue weighted by atomic mass is 35.5. The van der Waals surface area contributed by atoms with Crippen molar-refractivity contribution >= 4 is 0 Å². The van der Waals surface area contributed by atoms with Crippen molar-refractivity contribution in [2.24, 2.45) is 5.92 Å². The summed E-state index contributed by atoms with van der Waals surface area (Å²) in [6.45, 7) is 2.85. The van der Waals surface area contributed by atoms with Crippen LogP contribution in [-0.4, -0.2) is 35.7 Å². The second kappa shape index (κ2) is 4.45. The highest BCUT2D eigenvalue weighted by Crippen LogP contribution is 2.32. The molecule has 0 aromatic rings. The Hall–Kier alpha value is 0.210. The van der Waals surface area contributed by atoms with Crippen molar-refractivity contribution in [1.82, 2.24) is 4.90 Å². The maximum absolute atomic E-state index is 9.03. The van der Waals surface area contributed by atoms with Crippen molar-refractivity contribution in [2.45, 2.75) is 31.7 Å². The van der Waals surface area contributed by atoms with E-state index in [0.29, 0.717) is 12.6 Å². The molecule has 2 rings (SSSR count). The fourth-order valence-electron chi connectivity index (χ4n) is 1.97. The van der Waals surface area contributed by atoms with E-state index >= 15 is 0 Å². The Morgan fingerprint density at radius 1 is 1.25 bits per heavy atom. The van der Waals surface area contributed by atoms with Crippen molar-refractivity contribution in [3.05, 3.63) is 0 Å². The summed E-state index contributed by atoms with van der Waals surface area (Å²) in [6, 6.07) is 0.496. The third kappa shape index (κ3) is 2.35. The first kappa shape index (κ1) is 10.3. The van der Waals surface area contributed by atoms with Gasteiger partial charge in [-0.3, -0.25) is 4.90 Å². The van der Waals surface area contributed by atoms with E-state index in [4.69, 9.17) is 5.11 Å². The van der Waals surface area contributed by atoms with Crippen LogP contribution in [0.2, 0.25) is 0 Å². The highest BCUT2D eigenvalue weighted by molar-refractivity contribution is 4.84. The van der Waals surface area contributed by atoms with Gasteiger partial charge in [0.05, 0.1) is 6.61 Å². The van der Waals surface area contributed by atoms with Gasteiger partial charge in [-0.2, -0.15) is 0 Å². The minimum absolute atomic E-state index is 0. The highest BCUT2D eigenvalue weighted by Gasteiger charge is 2.30. The first-order valence-electron chi connectivity index (χ1n) is 4.75. The van der Waals surface area contributed by atoms with Crippen LogP contribution >= 0.6 is 0 Å². The largest absolute Gasteiger partial charge is 1.00 e. The standard InChI is InChI=1S/C9H17NO.ClH/c11-7-9-2-1-5-10(9)6-8-3-4-8;/h8-9,11H,1-7H2;1H/p-1. The van der Waals surface area contributed by atoms with Gasteiger partial charge in [0, 0.05) is 12.6 Å². The van der Waals surface area contributed by atoms with Crippen LogP contribution in [0, 0.1) is 5.92 Å². The van der Waals surface area contributed by atoms with E-state index in [1.807, 2.05) is 0 Å². The number of likely N-dealkylation sites (tertiary alicyclic amines) is 1. The van der Waals surface area contributed by atoms with Crippen molar-refractivity contribution in [3.8, 4) is 0 Å². The molecule has 2 aliphatic rings. The maximum atomic E-state index is 9.03. The van der Waals surface area contributed by atoms with E-state index < -0.39 is 0 Å². The van der Waals surface area contributed by atoms with Gasteiger partial charge < -0.3 is 17.5 Å². The molecule has 12 heavy (non-hydrogen) atoms. The minimum Gasteiger partial charge on any atom is -1.00 e. The van der Waals surface area contributed by atoms with Crippen LogP contribution in [-0.2, 0) is 0 Å². The quantitative estimate of drug-likeness (QED) is 0.549. The zero-order valence-corrected chi connectivity index (χ0v) is 8.13. The fraction of sp³-hybridized carbons (Fsp3) is 1.00. The summed E-state index contributed by atoms with van der Waals surface area (Å²) in [4.78, 5) is 2.47. The molecular weight excluding hydrogens is 174 g/mol. The minimum atomic E-state index is 0. The Bertz CT molecular complexity index is 138. The lowest BCUT2D eigenvalue weighted by atomic mass is 10.2. The predicted molar refractivity (Wildman–Crippen MR) is 44.4 cm³/mol. The van der Waals surface area contributed by atoms with Gasteiger partial charge in [-0.15, -0.1) is 0 Å². The summed E-state index contributed by atoms with van der Waals surface area (Å²) >= 11 is 0. The topological polar surface area (TPSA) is 23.5 Å². The first-order chi connectivity index (χ1) is 5.40. The fourth-order valence-corrected chi connectivity index (χ4v) is 1.97. The SMILES string of the molecule is OCC1CCCN1CC1CC1.[Cl-]. The molecule has 1 aliphatic carbocycles. The Labute approximate surface area is 80.4 Å². The van der Waals surface area contributed by atoms with Crippen molar-refractivity contribution in [3.63, 3.8) is 0 Å². The van der Waals surface area contributed by atoms with E-state index in [1.54, 1.807) is 0 Å². The average Bonchev–Trinajstić information content (AvgIpc) is 2.68. The molecule has 1 heterocycles. The molecule has 2 fully saturated rings. The molecule has 0 bridgehead atoms. The number of rotatable bonds is 3. The first-order valence-corrected chi connectivity index (χ1v) is 4.75. The molecule has 1 N–H and O–H groups in total. The van der Waals surface area contributed by atoms with E-state index in [0.717, 1.165) is 5.92 Å². The smallest absolute Gasteiger partial charge is 0.0586 e. The van der Waals surface area contributed by atoms with Crippen LogP contribution in [0.5, 0.6) is 0 Å². The van der Waals surface area contributed by atoms with Crippen LogP contribution in [0.25, 0.3) is 0 Å². The molecule has 0 spiro atoms. The summed E-state index contributed by atoms with van der Waals surface area (Å²) in [5.41, 5.74) is 0. The number of halogens is 1. The third-order valence-electron chi connectivity index (χ3n) is 2.90. The summed E-state index contributed by atoms with van der Waals surface area (Å²) < 4.78 is 0. The second-order valence-corrected chi connectivity index (χ2v) is 3.92. The number of hydrogen-bond donors (Lipinski definition) is 1. The van der Waals surface area contributed by atoms with Crippen LogP contribution < -0.4 is 12.4 Å². The van der Waals surface area contributed by atoms with Crippen LogP contribution in [0.1, 0.15) is 25.7 Å². The lowest BCUT2D eigenvalue weighted by Crippen LogP contribution is -3.00. The molecule has 2 nitrogen and oxygen atoms in total. The molecule has 1 unspecified atom stereocenters. The summed E-state index contributed by atoms with van der Waals surface area (Å²) in [5, 5.41) is 9.03. The molecule has 0 radical (unpaired) electrons. The van der Waals surface area contributed by atoms with E-state index in [-0.39, 0.29) is 12.4 Å². The number of aliphatic hydroxyl groups is 1. The van der Waals surface area contributed by atoms with Gasteiger partial charge in [0.25, 0.3) is 0 Å². The average molecular weight is 191 g/mol. The molecule has 0 aromatic carbocycles. The number of aliphatic hydroxyl groups excluding tert-OH is 1. The van der Waals surface area contributed by atoms with Gasteiger partial charge in [0.2, 0.25) is 0 Å². The lowest BCUT2D eigenvalue weighted by Gasteiger charge is -2.21. The van der Waals surface area contributed by atoms with Crippen molar-refractivity contribution in [2.75, 3.05) is 19.7 Å². The van der Waals surface area contributed by atoms with E-state index in [2.05, 4.69) is 4.90 Å². The summed E-state index contributed by atoms with van der Waals surface area (Å²) in [6.07, 6.45) is 5.35. The zero-order valence-electron chi connectivity index (χ0n) is 7.38. The van der Waals surface area contributed by atoms with Gasteiger partial charge in [0.15, 0.2) is 0 Å². The number of hydrogen-bond acceptors (Lipinski definition) is 2. The van der Waals surface area contributed by atoms with E-state index in [1.165, 1.54) is 38.8 Å². The summed E-state index contributed by atoms with van der Waals surface area (Å²) in [7, 11) is 0. The van der Waals surface area contributed by atoms with Gasteiger partial charge in [-0.25, -0.2) is 0 Å². The molecule has 1 saturated carbocycles. The van der Waals surface area contributed by atoms with Crippen molar-refractivity contribution < 1.29 is 17.5 Å². The van der Waals surface area contributed by atoms with Crippen LogP contribution in [0.3, 0.4) is 0 Å². The van der Waals surface area contributed by atoms with E-state index in [9.17, 15) is 0 Å². The molecule has 1 aliphatic heterocycles. The zero-order chi connectivity index (χ0) is 7.68. The van der Waals surface area contributed by atoms with Crippen LogP contribution in [0.15, 0.2) is 0 Å². The normalized spacial score (nSPS) is 30.2.